The first-order chi connectivity index (χ1) is 15.1. The van der Waals surface area contributed by atoms with Crippen LogP contribution in [0.5, 0.6) is 0 Å². The van der Waals surface area contributed by atoms with Gasteiger partial charge in [-0.05, 0) is 24.7 Å². The van der Waals surface area contributed by atoms with Crippen LogP contribution < -0.4 is 5.32 Å². The molecular formula is C21H31N5O6. The zero-order chi connectivity index (χ0) is 23.0. The summed E-state index contributed by atoms with van der Waals surface area (Å²) in [4.78, 5) is 24.9. The third-order valence-corrected chi connectivity index (χ3v) is 5.85. The summed E-state index contributed by atoms with van der Waals surface area (Å²) in [6.45, 7) is 5.62. The lowest BCUT2D eigenvalue weighted by atomic mass is 9.92. The largest absolute Gasteiger partial charge is 0.463 e. The molecule has 2 aromatic rings. The molecule has 32 heavy (non-hydrogen) atoms. The van der Waals surface area contributed by atoms with E-state index in [1.54, 1.807) is 0 Å². The molecule has 2 aromatic heterocycles. The van der Waals surface area contributed by atoms with E-state index in [0.717, 1.165) is 19.3 Å². The molecule has 6 atom stereocenters. The maximum Gasteiger partial charge on any atom is 0.306 e. The highest BCUT2D eigenvalue weighted by atomic mass is 16.6. The molecule has 2 aliphatic rings. The average molecular weight is 450 g/mol. The van der Waals surface area contributed by atoms with E-state index in [0.29, 0.717) is 17.0 Å². The third-order valence-electron chi connectivity index (χ3n) is 5.85. The van der Waals surface area contributed by atoms with Crippen molar-refractivity contribution in [2.45, 2.75) is 83.1 Å². The maximum absolute atomic E-state index is 12.0. The van der Waals surface area contributed by atoms with Crippen molar-refractivity contribution < 1.29 is 29.6 Å². The van der Waals surface area contributed by atoms with Crippen molar-refractivity contribution in [3.63, 3.8) is 0 Å². The van der Waals surface area contributed by atoms with Gasteiger partial charge in [0, 0.05) is 0 Å². The molecule has 0 spiro atoms. The van der Waals surface area contributed by atoms with Gasteiger partial charge in [-0.25, -0.2) is 15.0 Å². The molecule has 0 bridgehead atoms. The Labute approximate surface area is 185 Å². The highest BCUT2D eigenvalue weighted by Gasteiger charge is 2.45. The molecule has 11 nitrogen and oxygen atoms in total. The maximum atomic E-state index is 12.0. The Balaban J connectivity index is 1.48. The first kappa shape index (κ1) is 22.8. The van der Waals surface area contributed by atoms with Crippen molar-refractivity contribution in [1.82, 2.24) is 19.5 Å². The summed E-state index contributed by atoms with van der Waals surface area (Å²) in [5.74, 6) is 0.0947. The lowest BCUT2D eigenvalue weighted by Gasteiger charge is -2.19. The van der Waals surface area contributed by atoms with Crippen LogP contribution in [0.4, 0.5) is 5.82 Å². The van der Waals surface area contributed by atoms with Crippen molar-refractivity contribution in [2.75, 3.05) is 11.9 Å². The number of aliphatic hydroxyl groups is 3. The number of anilines is 1. The first-order valence-corrected chi connectivity index (χ1v) is 10.9. The number of rotatable bonds is 6. The van der Waals surface area contributed by atoms with E-state index in [1.165, 1.54) is 17.2 Å². The number of hydrogen-bond acceptors (Lipinski definition) is 10. The molecule has 1 aliphatic carbocycles. The van der Waals surface area contributed by atoms with Gasteiger partial charge in [-0.2, -0.15) is 0 Å². The van der Waals surface area contributed by atoms with Crippen LogP contribution in [0.2, 0.25) is 0 Å². The summed E-state index contributed by atoms with van der Waals surface area (Å²) in [5.41, 5.74) is 0.665. The average Bonchev–Trinajstić information content (AvgIpc) is 3.39. The predicted octanol–water partition coefficient (Wildman–Crippen LogP) is 0.750. The summed E-state index contributed by atoms with van der Waals surface area (Å²) in [5, 5.41) is 34.4. The van der Waals surface area contributed by atoms with Gasteiger partial charge in [0.25, 0.3) is 0 Å². The van der Waals surface area contributed by atoms with Gasteiger partial charge >= 0.3 is 5.97 Å². The van der Waals surface area contributed by atoms with Gasteiger partial charge in [0.05, 0.1) is 24.9 Å². The molecule has 4 N–H and O–H groups in total. The van der Waals surface area contributed by atoms with Crippen LogP contribution in [-0.4, -0.2) is 77.9 Å². The Hall–Kier alpha value is -2.34. The Kier molecular flexibility index (Phi) is 6.35. The minimum atomic E-state index is -1.26. The van der Waals surface area contributed by atoms with E-state index in [4.69, 9.17) is 9.47 Å². The van der Waals surface area contributed by atoms with E-state index in [-0.39, 0.29) is 24.5 Å². The lowest BCUT2D eigenvalue weighted by molar-refractivity contribution is -0.152. The Morgan fingerprint density at radius 3 is 2.69 bits per heavy atom. The molecule has 1 saturated carbocycles. The van der Waals surface area contributed by atoms with Crippen LogP contribution in [0.3, 0.4) is 0 Å². The van der Waals surface area contributed by atoms with Crippen LogP contribution in [0.25, 0.3) is 11.2 Å². The van der Waals surface area contributed by atoms with Crippen LogP contribution in [0.1, 0.15) is 52.7 Å². The molecule has 0 amide bonds. The van der Waals surface area contributed by atoms with Crippen molar-refractivity contribution in [1.29, 1.82) is 0 Å². The van der Waals surface area contributed by atoms with Gasteiger partial charge in [-0.3, -0.25) is 9.36 Å². The quantitative estimate of drug-likeness (QED) is 0.465. The normalized spacial score (nSPS) is 30.7. The summed E-state index contributed by atoms with van der Waals surface area (Å²) >= 11 is 0. The second kappa shape index (κ2) is 8.89. The second-order valence-corrected chi connectivity index (χ2v) is 9.76. The predicted molar refractivity (Wildman–Crippen MR) is 114 cm³/mol. The topological polar surface area (TPSA) is 152 Å². The molecular weight excluding hydrogens is 418 g/mol. The Bertz CT molecular complexity index is 960. The molecule has 3 heterocycles. The molecule has 1 saturated heterocycles. The fourth-order valence-corrected chi connectivity index (χ4v) is 4.18. The van der Waals surface area contributed by atoms with E-state index in [2.05, 4.69) is 20.3 Å². The summed E-state index contributed by atoms with van der Waals surface area (Å²) in [7, 11) is 0. The zero-order valence-corrected chi connectivity index (χ0v) is 18.5. The van der Waals surface area contributed by atoms with Crippen LogP contribution in [-0.2, 0) is 14.3 Å². The lowest BCUT2D eigenvalue weighted by Crippen LogP contribution is -2.34. The van der Waals surface area contributed by atoms with Gasteiger partial charge in [-0.15, -0.1) is 0 Å². The van der Waals surface area contributed by atoms with E-state index in [1.807, 2.05) is 20.8 Å². The first-order valence-electron chi connectivity index (χ1n) is 10.9. The number of hydrogen-bond donors (Lipinski definition) is 4. The minimum absolute atomic E-state index is 0.111. The molecule has 11 heteroatoms. The number of carbonyl (C=O) groups excluding carboxylic acids is 1. The Morgan fingerprint density at radius 1 is 1.22 bits per heavy atom. The molecule has 4 rings (SSSR count). The summed E-state index contributed by atoms with van der Waals surface area (Å²) < 4.78 is 12.6. The fraction of sp³-hybridized carbons (Fsp3) is 0.714. The fourth-order valence-electron chi connectivity index (χ4n) is 4.18. The number of fused-ring (bicyclic) bond motifs is 1. The Morgan fingerprint density at radius 2 is 2.00 bits per heavy atom. The van der Waals surface area contributed by atoms with Crippen molar-refractivity contribution >= 4 is 23.0 Å². The number of nitrogens with zero attached hydrogens (tertiary/aromatic N) is 4. The van der Waals surface area contributed by atoms with Crippen LogP contribution in [0, 0.1) is 5.41 Å². The van der Waals surface area contributed by atoms with E-state index in [9.17, 15) is 20.1 Å². The molecule has 0 radical (unpaired) electrons. The molecule has 0 aromatic carbocycles. The summed E-state index contributed by atoms with van der Waals surface area (Å²) in [6, 6.07) is -0.111. The monoisotopic (exact) mass is 449 g/mol. The van der Waals surface area contributed by atoms with Crippen LogP contribution >= 0.6 is 0 Å². The molecule has 1 aliphatic heterocycles. The SMILES string of the molecule is CC(C)(C)CC(=O)OCC1OC(n2cnc3c(N[C@H]4CCC[C@@H]4O)ncnc32)[C@H](O)[C@@H]1O. The van der Waals surface area contributed by atoms with Crippen molar-refractivity contribution in [3.8, 4) is 0 Å². The van der Waals surface area contributed by atoms with E-state index < -0.39 is 36.6 Å². The number of imidazole rings is 1. The number of esters is 1. The van der Waals surface area contributed by atoms with Crippen molar-refractivity contribution in [2.24, 2.45) is 5.41 Å². The number of carbonyl (C=O) groups is 1. The van der Waals surface area contributed by atoms with Gasteiger partial charge in [0.1, 0.15) is 31.2 Å². The minimum Gasteiger partial charge on any atom is -0.463 e. The van der Waals surface area contributed by atoms with Gasteiger partial charge in [0.2, 0.25) is 0 Å². The van der Waals surface area contributed by atoms with Crippen LogP contribution in [0.15, 0.2) is 12.7 Å². The number of nitrogens with one attached hydrogen (secondary N) is 1. The highest BCUT2D eigenvalue weighted by molar-refractivity contribution is 5.82. The number of aromatic nitrogens is 4. The van der Waals surface area contributed by atoms with E-state index >= 15 is 0 Å². The molecule has 2 fully saturated rings. The zero-order valence-electron chi connectivity index (χ0n) is 18.5. The smallest absolute Gasteiger partial charge is 0.306 e. The second-order valence-electron chi connectivity index (χ2n) is 9.76. The van der Waals surface area contributed by atoms with Gasteiger partial charge < -0.3 is 30.1 Å². The number of aliphatic hydroxyl groups excluding tert-OH is 3. The van der Waals surface area contributed by atoms with Crippen molar-refractivity contribution in [3.05, 3.63) is 12.7 Å². The highest BCUT2D eigenvalue weighted by Crippen LogP contribution is 2.33. The standard InChI is InChI=1S/C21H31N5O6/c1-21(2,3)7-14(28)31-8-13-16(29)17(30)20(32-13)26-10-24-15-18(22-9-23-19(15)26)25-11-5-4-6-12(11)27/h9-13,16-17,20,27,29-30H,4-8H2,1-3H3,(H,22,23,25)/t11-,12-,13?,16+,17+,20?/m0/s1. The third kappa shape index (κ3) is 4.70. The summed E-state index contributed by atoms with van der Waals surface area (Å²) in [6.07, 6.45) is 0.776. The van der Waals surface area contributed by atoms with Gasteiger partial charge in [-0.1, -0.05) is 20.8 Å². The van der Waals surface area contributed by atoms with Gasteiger partial charge in [0.15, 0.2) is 23.2 Å². The number of ether oxygens (including phenoxy) is 2. The molecule has 176 valence electrons. The molecule has 2 unspecified atom stereocenters.